The first-order valence-electron chi connectivity index (χ1n) is 6.45. The number of halogens is 5. The summed E-state index contributed by atoms with van der Waals surface area (Å²) >= 11 is 0. The zero-order valence-electron chi connectivity index (χ0n) is 12.2. The molecule has 136 valence electrons. The average molecular weight is 382 g/mol. The number of nitrogens with two attached hydrogens (primary N) is 1. The molecule has 25 heavy (non-hydrogen) atoms. The first-order chi connectivity index (χ1) is 11.1. The summed E-state index contributed by atoms with van der Waals surface area (Å²) in [5.41, 5.74) is 5.44. The van der Waals surface area contributed by atoms with Crippen LogP contribution in [0.4, 0.5) is 17.6 Å². The SMILES string of the molecule is Cl.N[C@H](c1ccc(OC(F)(F)F)cc1)c1cc(C(=O)O)cc(F)c1O. The number of carboxylic acid groups (broad SMARTS) is 1. The lowest BCUT2D eigenvalue weighted by Crippen LogP contribution is -2.17. The standard InChI is InChI=1S/C15H11F4NO4.ClH/c16-11-6-8(14(22)23)5-10(13(11)21)12(20)7-1-3-9(4-2-7)24-15(17,18)19;/h1-6,12,21H,20H2,(H,22,23);1H/t12-;/m1./s1. The molecular weight excluding hydrogens is 370 g/mol. The van der Waals surface area contributed by atoms with E-state index in [1.54, 1.807) is 0 Å². The molecule has 0 saturated carbocycles. The van der Waals surface area contributed by atoms with Crippen molar-refractivity contribution in [3.8, 4) is 11.5 Å². The molecule has 10 heteroatoms. The van der Waals surface area contributed by atoms with Crippen molar-refractivity contribution in [2.75, 3.05) is 0 Å². The fraction of sp³-hybridized carbons (Fsp3) is 0.133. The molecule has 0 aliphatic heterocycles. The molecule has 5 nitrogen and oxygen atoms in total. The Kier molecular flexibility index (Phi) is 6.22. The van der Waals surface area contributed by atoms with Crippen LogP contribution < -0.4 is 10.5 Å². The number of carboxylic acids is 1. The Morgan fingerprint density at radius 2 is 1.72 bits per heavy atom. The smallest absolute Gasteiger partial charge is 0.505 e. The predicted molar refractivity (Wildman–Crippen MR) is 81.4 cm³/mol. The van der Waals surface area contributed by atoms with Gasteiger partial charge in [0.2, 0.25) is 0 Å². The molecule has 0 spiro atoms. The van der Waals surface area contributed by atoms with Crippen LogP contribution in [-0.4, -0.2) is 22.5 Å². The second kappa shape index (κ2) is 7.58. The van der Waals surface area contributed by atoms with Crippen LogP contribution in [-0.2, 0) is 0 Å². The molecule has 0 radical (unpaired) electrons. The van der Waals surface area contributed by atoms with Gasteiger partial charge in [-0.1, -0.05) is 12.1 Å². The van der Waals surface area contributed by atoms with Gasteiger partial charge in [0.25, 0.3) is 0 Å². The van der Waals surface area contributed by atoms with E-state index in [-0.39, 0.29) is 23.5 Å². The zero-order valence-corrected chi connectivity index (χ0v) is 13.1. The minimum absolute atomic E-state index is 0. The molecule has 0 fully saturated rings. The minimum atomic E-state index is -4.85. The van der Waals surface area contributed by atoms with Crippen molar-refractivity contribution in [1.82, 2.24) is 0 Å². The Labute approximate surface area is 145 Å². The number of aromatic hydroxyl groups is 1. The zero-order chi connectivity index (χ0) is 18.1. The fourth-order valence-corrected chi connectivity index (χ4v) is 2.04. The summed E-state index contributed by atoms with van der Waals surface area (Å²) in [6, 6.07) is 4.85. The number of alkyl halides is 3. The maximum atomic E-state index is 13.6. The molecule has 2 rings (SSSR count). The summed E-state index contributed by atoms with van der Waals surface area (Å²) in [5.74, 6) is -3.90. The minimum Gasteiger partial charge on any atom is -0.505 e. The molecule has 0 saturated heterocycles. The monoisotopic (exact) mass is 381 g/mol. The van der Waals surface area contributed by atoms with Gasteiger partial charge in [-0.3, -0.25) is 0 Å². The molecular formula is C15H12ClF4NO4. The van der Waals surface area contributed by atoms with Gasteiger partial charge in [0, 0.05) is 5.56 Å². The molecule has 0 amide bonds. The molecule has 0 heterocycles. The molecule has 0 bridgehead atoms. The van der Waals surface area contributed by atoms with Crippen LogP contribution in [0.15, 0.2) is 36.4 Å². The lowest BCUT2D eigenvalue weighted by Gasteiger charge is -2.16. The first kappa shape index (κ1) is 20.5. The van der Waals surface area contributed by atoms with Crippen molar-refractivity contribution < 1.29 is 37.3 Å². The number of hydrogen-bond acceptors (Lipinski definition) is 4. The predicted octanol–water partition coefficient (Wildman–Crippen LogP) is 3.60. The Hall–Kier alpha value is -2.52. The Balaban J connectivity index is 0.00000312. The summed E-state index contributed by atoms with van der Waals surface area (Å²) in [7, 11) is 0. The molecule has 2 aromatic carbocycles. The molecule has 0 aliphatic rings. The van der Waals surface area contributed by atoms with E-state index < -0.39 is 41.3 Å². The highest BCUT2D eigenvalue weighted by Crippen LogP contribution is 2.32. The highest BCUT2D eigenvalue weighted by molar-refractivity contribution is 5.88. The van der Waals surface area contributed by atoms with Crippen LogP contribution in [0.1, 0.15) is 27.5 Å². The highest BCUT2D eigenvalue weighted by Gasteiger charge is 2.31. The van der Waals surface area contributed by atoms with Crippen LogP contribution >= 0.6 is 12.4 Å². The normalized spacial score (nSPS) is 12.2. The molecule has 1 atom stereocenters. The van der Waals surface area contributed by atoms with Gasteiger partial charge in [0.15, 0.2) is 11.6 Å². The van der Waals surface area contributed by atoms with Gasteiger partial charge in [-0.2, -0.15) is 0 Å². The van der Waals surface area contributed by atoms with E-state index in [9.17, 15) is 27.5 Å². The van der Waals surface area contributed by atoms with Gasteiger partial charge in [-0.15, -0.1) is 25.6 Å². The van der Waals surface area contributed by atoms with Gasteiger partial charge in [-0.05, 0) is 29.8 Å². The number of carbonyl (C=O) groups is 1. The van der Waals surface area contributed by atoms with Crippen LogP contribution in [0.25, 0.3) is 0 Å². The van der Waals surface area contributed by atoms with E-state index in [1.165, 1.54) is 12.1 Å². The van der Waals surface area contributed by atoms with Crippen LogP contribution in [0, 0.1) is 5.82 Å². The van der Waals surface area contributed by atoms with E-state index in [0.717, 1.165) is 18.2 Å². The average Bonchev–Trinajstić information content (AvgIpc) is 2.48. The van der Waals surface area contributed by atoms with Crippen LogP contribution in [0.2, 0.25) is 0 Å². The Morgan fingerprint density at radius 3 is 2.20 bits per heavy atom. The second-order valence-corrected chi connectivity index (χ2v) is 4.80. The van der Waals surface area contributed by atoms with E-state index in [4.69, 9.17) is 10.8 Å². The highest BCUT2D eigenvalue weighted by atomic mass is 35.5. The third kappa shape index (κ3) is 4.97. The number of ether oxygens (including phenoxy) is 1. The Bertz CT molecular complexity index is 765. The summed E-state index contributed by atoms with van der Waals surface area (Å²) in [6.45, 7) is 0. The number of phenols is 1. The molecule has 0 aromatic heterocycles. The summed E-state index contributed by atoms with van der Waals surface area (Å²) in [5, 5.41) is 18.6. The number of hydrogen-bond donors (Lipinski definition) is 3. The van der Waals surface area contributed by atoms with Crippen molar-refractivity contribution in [3.63, 3.8) is 0 Å². The van der Waals surface area contributed by atoms with Gasteiger partial charge in [0.05, 0.1) is 11.6 Å². The van der Waals surface area contributed by atoms with Crippen molar-refractivity contribution >= 4 is 18.4 Å². The fourth-order valence-electron chi connectivity index (χ4n) is 2.04. The number of phenolic OH excluding ortho intramolecular Hbond substituents is 1. The lowest BCUT2D eigenvalue weighted by atomic mass is 9.96. The quantitative estimate of drug-likeness (QED) is 0.704. The maximum Gasteiger partial charge on any atom is 0.573 e. The number of benzene rings is 2. The third-order valence-electron chi connectivity index (χ3n) is 3.15. The Morgan fingerprint density at radius 1 is 1.16 bits per heavy atom. The molecule has 2 aromatic rings. The first-order valence-corrected chi connectivity index (χ1v) is 6.45. The van der Waals surface area contributed by atoms with E-state index in [1.807, 2.05) is 0 Å². The summed E-state index contributed by atoms with van der Waals surface area (Å²) < 4.78 is 53.6. The van der Waals surface area contributed by atoms with Crippen molar-refractivity contribution in [3.05, 3.63) is 58.9 Å². The van der Waals surface area contributed by atoms with Gasteiger partial charge in [-0.25, -0.2) is 9.18 Å². The topological polar surface area (TPSA) is 92.8 Å². The third-order valence-corrected chi connectivity index (χ3v) is 3.15. The van der Waals surface area contributed by atoms with Gasteiger partial charge < -0.3 is 20.7 Å². The van der Waals surface area contributed by atoms with E-state index in [2.05, 4.69) is 4.74 Å². The number of rotatable bonds is 4. The van der Waals surface area contributed by atoms with E-state index in [0.29, 0.717) is 6.07 Å². The maximum absolute atomic E-state index is 13.6. The van der Waals surface area contributed by atoms with Gasteiger partial charge >= 0.3 is 12.3 Å². The second-order valence-electron chi connectivity index (χ2n) is 4.80. The van der Waals surface area contributed by atoms with E-state index >= 15 is 0 Å². The number of aromatic carboxylic acids is 1. The van der Waals surface area contributed by atoms with Gasteiger partial charge in [0.1, 0.15) is 5.75 Å². The molecule has 4 N–H and O–H groups in total. The summed E-state index contributed by atoms with van der Waals surface area (Å²) in [4.78, 5) is 10.9. The largest absolute Gasteiger partial charge is 0.573 e. The van der Waals surface area contributed by atoms with Crippen LogP contribution in [0.5, 0.6) is 11.5 Å². The van der Waals surface area contributed by atoms with Crippen LogP contribution in [0.3, 0.4) is 0 Å². The van der Waals surface area contributed by atoms with Crippen molar-refractivity contribution in [2.45, 2.75) is 12.4 Å². The summed E-state index contributed by atoms with van der Waals surface area (Å²) in [6.07, 6.45) is -4.85. The van der Waals surface area contributed by atoms with Crippen molar-refractivity contribution in [1.29, 1.82) is 0 Å². The van der Waals surface area contributed by atoms with Crippen molar-refractivity contribution in [2.24, 2.45) is 5.73 Å². The molecule has 0 aliphatic carbocycles. The lowest BCUT2D eigenvalue weighted by molar-refractivity contribution is -0.274. The molecule has 0 unspecified atom stereocenters.